The van der Waals surface area contributed by atoms with Gasteiger partial charge in [0.2, 0.25) is 10.0 Å². The Hall–Kier alpha value is -2.63. The van der Waals surface area contributed by atoms with E-state index in [4.69, 9.17) is 10.00 Å². The summed E-state index contributed by atoms with van der Waals surface area (Å²) in [6, 6.07) is 11.9. The first-order valence-electron chi connectivity index (χ1n) is 7.80. The Labute approximate surface area is 147 Å². The monoisotopic (exact) mass is 358 g/mol. The van der Waals surface area contributed by atoms with Crippen molar-refractivity contribution in [2.75, 3.05) is 38.2 Å². The van der Waals surface area contributed by atoms with Gasteiger partial charge in [0, 0.05) is 26.2 Å². The lowest BCUT2D eigenvalue weighted by Gasteiger charge is -2.35. The highest BCUT2D eigenvalue weighted by molar-refractivity contribution is 7.89. The van der Waals surface area contributed by atoms with Crippen molar-refractivity contribution >= 4 is 15.7 Å². The Bertz CT molecular complexity index is 866. The van der Waals surface area contributed by atoms with Gasteiger partial charge in [-0.15, -0.1) is 0 Å². The van der Waals surface area contributed by atoms with Crippen molar-refractivity contribution in [1.82, 2.24) is 9.29 Å². The van der Waals surface area contributed by atoms with Crippen molar-refractivity contribution in [1.29, 1.82) is 5.26 Å². The second-order valence-corrected chi connectivity index (χ2v) is 7.52. The second-order valence-electron chi connectivity index (χ2n) is 5.58. The molecule has 1 aromatic heterocycles. The van der Waals surface area contributed by atoms with Crippen LogP contribution in [0.5, 0.6) is 5.75 Å². The third-order valence-electron chi connectivity index (χ3n) is 4.16. The second kappa shape index (κ2) is 7.09. The van der Waals surface area contributed by atoms with E-state index < -0.39 is 10.0 Å². The highest BCUT2D eigenvalue weighted by atomic mass is 32.2. The third kappa shape index (κ3) is 3.57. The minimum atomic E-state index is -3.51. The molecule has 25 heavy (non-hydrogen) atoms. The Kier molecular flexibility index (Phi) is 4.88. The van der Waals surface area contributed by atoms with E-state index in [0.717, 1.165) is 5.69 Å². The van der Waals surface area contributed by atoms with E-state index in [2.05, 4.69) is 9.88 Å². The minimum Gasteiger partial charge on any atom is -0.497 e. The summed E-state index contributed by atoms with van der Waals surface area (Å²) in [4.78, 5) is 6.39. The predicted octanol–water partition coefficient (Wildman–Crippen LogP) is 1.47. The smallest absolute Gasteiger partial charge is 0.243 e. The summed E-state index contributed by atoms with van der Waals surface area (Å²) >= 11 is 0. The Morgan fingerprint density at radius 1 is 1.08 bits per heavy atom. The quantitative estimate of drug-likeness (QED) is 0.823. The SMILES string of the molecule is COc1ccc(S(=O)(=O)N2CCN(c3ccc(C#N)nc3)CC2)cc1. The Morgan fingerprint density at radius 2 is 1.76 bits per heavy atom. The molecule has 0 bridgehead atoms. The highest BCUT2D eigenvalue weighted by Gasteiger charge is 2.28. The molecular weight excluding hydrogens is 340 g/mol. The predicted molar refractivity (Wildman–Crippen MR) is 92.9 cm³/mol. The van der Waals surface area contributed by atoms with Gasteiger partial charge >= 0.3 is 0 Å². The molecule has 0 radical (unpaired) electrons. The third-order valence-corrected chi connectivity index (χ3v) is 6.08. The number of nitriles is 1. The van der Waals surface area contributed by atoms with E-state index in [1.54, 1.807) is 43.6 Å². The van der Waals surface area contributed by atoms with E-state index >= 15 is 0 Å². The molecule has 130 valence electrons. The van der Waals surface area contributed by atoms with Gasteiger partial charge in [-0.1, -0.05) is 0 Å². The zero-order valence-electron chi connectivity index (χ0n) is 13.8. The summed E-state index contributed by atoms with van der Waals surface area (Å²) in [7, 11) is -1.97. The maximum absolute atomic E-state index is 12.7. The van der Waals surface area contributed by atoms with Gasteiger partial charge in [0.15, 0.2) is 0 Å². The van der Waals surface area contributed by atoms with Gasteiger partial charge in [0.1, 0.15) is 17.5 Å². The van der Waals surface area contributed by atoms with Crippen LogP contribution in [0.2, 0.25) is 0 Å². The molecule has 2 aromatic rings. The largest absolute Gasteiger partial charge is 0.497 e. The molecule has 8 heteroatoms. The van der Waals surface area contributed by atoms with E-state index in [0.29, 0.717) is 37.6 Å². The van der Waals surface area contributed by atoms with Crippen molar-refractivity contribution in [3.05, 3.63) is 48.3 Å². The van der Waals surface area contributed by atoms with Crippen molar-refractivity contribution in [2.24, 2.45) is 0 Å². The van der Waals surface area contributed by atoms with Crippen LogP contribution in [0.4, 0.5) is 5.69 Å². The number of methoxy groups -OCH3 is 1. The van der Waals surface area contributed by atoms with E-state index in [-0.39, 0.29) is 4.90 Å². The molecule has 0 atom stereocenters. The molecule has 1 aromatic carbocycles. The van der Waals surface area contributed by atoms with Crippen LogP contribution in [-0.2, 0) is 10.0 Å². The van der Waals surface area contributed by atoms with Crippen LogP contribution >= 0.6 is 0 Å². The van der Waals surface area contributed by atoms with Gasteiger partial charge in [-0.3, -0.25) is 0 Å². The topological polar surface area (TPSA) is 86.5 Å². The van der Waals surface area contributed by atoms with Gasteiger partial charge in [-0.2, -0.15) is 9.57 Å². The van der Waals surface area contributed by atoms with Crippen LogP contribution in [0.25, 0.3) is 0 Å². The van der Waals surface area contributed by atoms with E-state index in [1.165, 1.54) is 4.31 Å². The number of piperazine rings is 1. The van der Waals surface area contributed by atoms with Crippen molar-refractivity contribution in [3.63, 3.8) is 0 Å². The van der Waals surface area contributed by atoms with Crippen LogP contribution in [0, 0.1) is 11.3 Å². The molecule has 0 N–H and O–H groups in total. The lowest BCUT2D eigenvalue weighted by Crippen LogP contribution is -2.48. The number of ether oxygens (including phenoxy) is 1. The Balaban J connectivity index is 1.69. The van der Waals surface area contributed by atoms with Crippen LogP contribution < -0.4 is 9.64 Å². The van der Waals surface area contributed by atoms with Gasteiger partial charge in [-0.25, -0.2) is 13.4 Å². The first-order chi connectivity index (χ1) is 12.0. The van der Waals surface area contributed by atoms with Crippen LogP contribution in [-0.4, -0.2) is 51.0 Å². The van der Waals surface area contributed by atoms with Crippen molar-refractivity contribution < 1.29 is 13.2 Å². The molecule has 1 saturated heterocycles. The molecule has 0 amide bonds. The van der Waals surface area contributed by atoms with Crippen LogP contribution in [0.3, 0.4) is 0 Å². The molecule has 0 saturated carbocycles. The van der Waals surface area contributed by atoms with Gasteiger partial charge in [0.25, 0.3) is 0 Å². The van der Waals surface area contributed by atoms with Gasteiger partial charge < -0.3 is 9.64 Å². The normalized spacial score (nSPS) is 15.6. The van der Waals surface area contributed by atoms with E-state index in [1.807, 2.05) is 12.1 Å². The lowest BCUT2D eigenvalue weighted by atomic mass is 10.3. The maximum atomic E-state index is 12.7. The molecule has 0 spiro atoms. The minimum absolute atomic E-state index is 0.266. The van der Waals surface area contributed by atoms with Crippen molar-refractivity contribution in [2.45, 2.75) is 4.90 Å². The first-order valence-corrected chi connectivity index (χ1v) is 9.24. The number of aromatic nitrogens is 1. The molecule has 3 rings (SSSR count). The molecule has 0 aliphatic carbocycles. The van der Waals surface area contributed by atoms with Crippen LogP contribution in [0.15, 0.2) is 47.5 Å². The standard InChI is InChI=1S/C17H18N4O3S/c1-24-16-4-6-17(7-5-16)25(22,23)21-10-8-20(9-11-21)15-3-2-14(12-18)19-13-15/h2-7,13H,8-11H2,1H3. The number of rotatable bonds is 4. The Morgan fingerprint density at radius 3 is 2.28 bits per heavy atom. The first kappa shape index (κ1) is 17.2. The number of benzene rings is 1. The molecule has 1 aliphatic heterocycles. The average Bonchev–Trinajstić information content (AvgIpc) is 2.68. The fourth-order valence-electron chi connectivity index (χ4n) is 2.72. The number of anilines is 1. The van der Waals surface area contributed by atoms with Crippen LogP contribution in [0.1, 0.15) is 5.69 Å². The number of hydrogen-bond acceptors (Lipinski definition) is 6. The fourth-order valence-corrected chi connectivity index (χ4v) is 4.14. The summed E-state index contributed by atoms with van der Waals surface area (Å²) in [5, 5.41) is 8.80. The summed E-state index contributed by atoms with van der Waals surface area (Å²) < 4.78 is 32.0. The molecule has 1 aliphatic rings. The summed E-state index contributed by atoms with van der Waals surface area (Å²) in [5.41, 5.74) is 1.25. The fraction of sp³-hybridized carbons (Fsp3) is 0.294. The summed E-state index contributed by atoms with van der Waals surface area (Å²) in [5.74, 6) is 0.622. The highest BCUT2D eigenvalue weighted by Crippen LogP contribution is 2.22. The lowest BCUT2D eigenvalue weighted by molar-refractivity contribution is 0.384. The zero-order chi connectivity index (χ0) is 17.9. The maximum Gasteiger partial charge on any atom is 0.243 e. The van der Waals surface area contributed by atoms with Gasteiger partial charge in [-0.05, 0) is 36.4 Å². The molecule has 0 unspecified atom stereocenters. The molecule has 1 fully saturated rings. The van der Waals surface area contributed by atoms with E-state index in [9.17, 15) is 8.42 Å². The van der Waals surface area contributed by atoms with Crippen molar-refractivity contribution in [3.8, 4) is 11.8 Å². The molecule has 7 nitrogen and oxygen atoms in total. The van der Waals surface area contributed by atoms with Gasteiger partial charge in [0.05, 0.1) is 23.9 Å². The molecular formula is C17H18N4O3S. The summed E-state index contributed by atoms with van der Waals surface area (Å²) in [6.45, 7) is 1.94. The molecule has 2 heterocycles. The zero-order valence-corrected chi connectivity index (χ0v) is 14.6. The summed E-state index contributed by atoms with van der Waals surface area (Å²) in [6.07, 6.45) is 1.65. The number of pyridine rings is 1. The number of sulfonamides is 1. The number of hydrogen-bond donors (Lipinski definition) is 0. The number of nitrogens with zero attached hydrogens (tertiary/aromatic N) is 4. The average molecular weight is 358 g/mol.